The fourth-order valence-electron chi connectivity index (χ4n) is 3.51. The van der Waals surface area contributed by atoms with Crippen LogP contribution in [0.2, 0.25) is 0 Å². The van der Waals surface area contributed by atoms with Crippen LogP contribution in [0.3, 0.4) is 0 Å². The molecule has 4 fully saturated rings. The second-order valence-electron chi connectivity index (χ2n) is 4.51. The maximum absolute atomic E-state index is 12.9. The second kappa shape index (κ2) is 2.65. The molecule has 1 saturated carbocycles. The molecule has 3 saturated heterocycles. The van der Waals surface area contributed by atoms with E-state index in [0.717, 1.165) is 0 Å². The fraction of sp³-hybridized carbons (Fsp3) is 1.00. The molecule has 1 aliphatic carbocycles. The summed E-state index contributed by atoms with van der Waals surface area (Å²) in [7, 11) is 0. The van der Waals surface area contributed by atoms with Crippen molar-refractivity contribution < 1.29 is 26.3 Å². The lowest BCUT2D eigenvalue weighted by Gasteiger charge is -2.37. The Morgan fingerprint density at radius 1 is 1.06 bits per heavy atom. The molecule has 8 heteroatoms. The van der Waals surface area contributed by atoms with Crippen LogP contribution < -0.4 is 0 Å². The summed E-state index contributed by atoms with van der Waals surface area (Å²) >= 11 is 1.73. The Hall–Kier alpha value is 0.270. The Morgan fingerprint density at radius 2 is 1.56 bits per heavy atom. The average molecular weight is 357 g/mol. The molecule has 0 aromatic rings. The Labute approximate surface area is 100 Å². The van der Waals surface area contributed by atoms with E-state index in [1.54, 1.807) is 22.6 Å². The number of rotatable bonds is 0. The molecule has 4 bridgehead atoms. The molecule has 3 aliphatic heterocycles. The van der Waals surface area contributed by atoms with Gasteiger partial charge in [-0.15, -0.1) is 0 Å². The van der Waals surface area contributed by atoms with Gasteiger partial charge < -0.3 is 0 Å². The minimum Gasteiger partial charge on any atom is -0.272 e. The summed E-state index contributed by atoms with van der Waals surface area (Å²) in [6.45, 7) is 0. The number of piperidine rings is 3. The van der Waals surface area contributed by atoms with E-state index in [1.165, 1.54) is 0 Å². The summed E-state index contributed by atoms with van der Waals surface area (Å²) in [6.07, 6.45) is -10.4. The van der Waals surface area contributed by atoms with Crippen LogP contribution in [0, 0.1) is 5.92 Å². The zero-order chi connectivity index (χ0) is 12.1. The van der Waals surface area contributed by atoms with Crippen molar-refractivity contribution in [3.63, 3.8) is 0 Å². The topological polar surface area (TPSA) is 3.01 Å². The van der Waals surface area contributed by atoms with E-state index in [4.69, 9.17) is 0 Å². The van der Waals surface area contributed by atoms with Gasteiger partial charge in [0.1, 0.15) is 0 Å². The maximum atomic E-state index is 12.9. The van der Waals surface area contributed by atoms with Crippen LogP contribution in [0.4, 0.5) is 26.3 Å². The van der Waals surface area contributed by atoms with Crippen LogP contribution >= 0.6 is 22.6 Å². The molecular formula is C8H6F6IN. The summed E-state index contributed by atoms with van der Waals surface area (Å²) in [5.41, 5.74) is -3.57. The summed E-state index contributed by atoms with van der Waals surface area (Å²) in [5.74, 6) is -1.33. The van der Waals surface area contributed by atoms with E-state index in [1.807, 2.05) is 0 Å². The lowest BCUT2D eigenvalue weighted by atomic mass is 9.85. The molecule has 16 heavy (non-hydrogen) atoms. The third kappa shape index (κ3) is 0.920. The van der Waals surface area contributed by atoms with Crippen LogP contribution in [0.15, 0.2) is 0 Å². The predicted octanol–water partition coefficient (Wildman–Crippen LogP) is 2.74. The van der Waals surface area contributed by atoms with Gasteiger partial charge in [0.15, 0.2) is 0 Å². The highest BCUT2D eigenvalue weighted by atomic mass is 127. The highest BCUT2D eigenvalue weighted by molar-refractivity contribution is 14.1. The Bertz CT molecular complexity index is 335. The van der Waals surface area contributed by atoms with Gasteiger partial charge in [0.25, 0.3) is 0 Å². The molecule has 0 amide bonds. The SMILES string of the molecule is FC(F)(F)C1(C(F)(F)F)[C@@H]2C[C@@H]3[C@@H]([C@H]2I)N31. The molecule has 1 nitrogen and oxygen atoms in total. The smallest absolute Gasteiger partial charge is 0.272 e. The molecule has 92 valence electrons. The molecule has 0 aromatic heterocycles. The highest BCUT2D eigenvalue weighted by Crippen LogP contribution is 2.73. The van der Waals surface area contributed by atoms with Gasteiger partial charge in [-0.25, -0.2) is 0 Å². The van der Waals surface area contributed by atoms with Crippen molar-refractivity contribution >= 4 is 22.6 Å². The summed E-state index contributed by atoms with van der Waals surface area (Å²) in [4.78, 5) is 0.634. The van der Waals surface area contributed by atoms with E-state index in [9.17, 15) is 26.3 Å². The van der Waals surface area contributed by atoms with Gasteiger partial charge in [0, 0.05) is 21.9 Å². The van der Waals surface area contributed by atoms with E-state index >= 15 is 0 Å². The van der Waals surface area contributed by atoms with Crippen molar-refractivity contribution in [1.82, 2.24) is 4.90 Å². The Morgan fingerprint density at radius 3 is 1.69 bits per heavy atom. The average Bonchev–Trinajstić information content (AvgIpc) is 2.43. The molecule has 0 aromatic carbocycles. The van der Waals surface area contributed by atoms with Crippen LogP contribution in [-0.4, -0.2) is 38.8 Å². The van der Waals surface area contributed by atoms with E-state index in [2.05, 4.69) is 0 Å². The second-order valence-corrected chi connectivity index (χ2v) is 5.95. The number of hydrogen-bond acceptors (Lipinski definition) is 1. The zero-order valence-electron chi connectivity index (χ0n) is 7.61. The van der Waals surface area contributed by atoms with Crippen LogP contribution in [0.5, 0.6) is 0 Å². The molecule has 5 atom stereocenters. The van der Waals surface area contributed by atoms with Gasteiger partial charge in [0.2, 0.25) is 5.54 Å². The maximum Gasteiger partial charge on any atom is 0.416 e. The number of hydrogen-bond donors (Lipinski definition) is 0. The summed E-state index contributed by atoms with van der Waals surface area (Å²) < 4.78 is 76.7. The molecule has 0 N–H and O–H groups in total. The van der Waals surface area contributed by atoms with Gasteiger partial charge in [-0.3, -0.25) is 4.90 Å². The van der Waals surface area contributed by atoms with Crippen molar-refractivity contribution in [1.29, 1.82) is 0 Å². The van der Waals surface area contributed by atoms with E-state index in [-0.39, 0.29) is 6.42 Å². The summed E-state index contributed by atoms with van der Waals surface area (Å²) in [6, 6.07) is -1.02. The van der Waals surface area contributed by atoms with Gasteiger partial charge in [-0.1, -0.05) is 22.6 Å². The monoisotopic (exact) mass is 357 g/mol. The minimum atomic E-state index is -5.24. The van der Waals surface area contributed by atoms with Gasteiger partial charge in [-0.05, 0) is 6.42 Å². The summed E-state index contributed by atoms with van der Waals surface area (Å²) in [5, 5.41) is 0. The lowest BCUT2D eigenvalue weighted by molar-refractivity contribution is -0.327. The first-order valence-electron chi connectivity index (χ1n) is 4.70. The lowest BCUT2D eigenvalue weighted by Crippen LogP contribution is -2.63. The van der Waals surface area contributed by atoms with Crippen molar-refractivity contribution in [2.45, 2.75) is 40.3 Å². The normalized spacial score (nSPS) is 48.6. The number of nitrogens with zero attached hydrogens (tertiary/aromatic N) is 1. The third-order valence-electron chi connectivity index (χ3n) is 4.00. The van der Waals surface area contributed by atoms with Gasteiger partial charge in [0.05, 0.1) is 0 Å². The highest BCUT2D eigenvalue weighted by Gasteiger charge is 2.92. The van der Waals surface area contributed by atoms with Gasteiger partial charge >= 0.3 is 12.4 Å². The number of halogens is 7. The third-order valence-corrected chi connectivity index (χ3v) is 5.60. The van der Waals surface area contributed by atoms with Gasteiger partial charge in [-0.2, -0.15) is 26.3 Å². The Kier molecular flexibility index (Phi) is 1.88. The molecule has 1 unspecified atom stereocenters. The first-order valence-corrected chi connectivity index (χ1v) is 5.94. The van der Waals surface area contributed by atoms with Crippen molar-refractivity contribution in [3.05, 3.63) is 0 Å². The molecule has 4 aliphatic rings. The van der Waals surface area contributed by atoms with Crippen LogP contribution in [0.1, 0.15) is 6.42 Å². The minimum absolute atomic E-state index is 0.0251. The standard InChI is InChI=1S/C8H6F6IN/c9-7(10,11)6(8(12,13)14)2-1-3-5(4(2)15)16(3)6/h2-5H,1H2/t2-,3-,4+,5+,16?/m1/s1. The fourth-order valence-corrected chi connectivity index (χ4v) is 5.15. The first kappa shape index (κ1) is 11.4. The van der Waals surface area contributed by atoms with Crippen molar-refractivity contribution in [2.24, 2.45) is 5.92 Å². The van der Waals surface area contributed by atoms with E-state index in [0.29, 0.717) is 4.90 Å². The quantitative estimate of drug-likeness (QED) is 0.279. The molecular weight excluding hydrogens is 351 g/mol. The van der Waals surface area contributed by atoms with Crippen molar-refractivity contribution in [3.8, 4) is 0 Å². The molecule has 4 rings (SSSR count). The molecule has 0 radical (unpaired) electrons. The first-order chi connectivity index (χ1) is 7.14. The van der Waals surface area contributed by atoms with E-state index < -0.39 is 39.8 Å². The largest absolute Gasteiger partial charge is 0.416 e. The zero-order valence-corrected chi connectivity index (χ0v) is 9.77. The Balaban J connectivity index is 2.14. The van der Waals surface area contributed by atoms with Crippen LogP contribution in [-0.2, 0) is 0 Å². The molecule has 3 heterocycles. The van der Waals surface area contributed by atoms with Crippen molar-refractivity contribution in [2.75, 3.05) is 0 Å². The molecule has 0 spiro atoms. The van der Waals surface area contributed by atoms with Crippen LogP contribution in [0.25, 0.3) is 0 Å². The number of alkyl halides is 7. The predicted molar refractivity (Wildman–Crippen MR) is 50.2 cm³/mol.